The number of aliphatic hydroxyl groups excluding tert-OH is 1. The van der Waals surface area contributed by atoms with Crippen molar-refractivity contribution in [3.8, 4) is 0 Å². The second-order valence-electron chi connectivity index (χ2n) is 4.34. The van der Waals surface area contributed by atoms with Crippen molar-refractivity contribution in [3.63, 3.8) is 0 Å². The Morgan fingerprint density at radius 2 is 2.00 bits per heavy atom. The summed E-state index contributed by atoms with van der Waals surface area (Å²) in [4.78, 5) is -0.0999. The molecule has 0 aliphatic carbocycles. The molecule has 2 N–H and O–H groups in total. The predicted octanol–water partition coefficient (Wildman–Crippen LogP) is 2.08. The van der Waals surface area contributed by atoms with Crippen molar-refractivity contribution in [3.05, 3.63) is 47.8 Å². The fourth-order valence-corrected chi connectivity index (χ4v) is 3.00. The van der Waals surface area contributed by atoms with Crippen molar-refractivity contribution in [1.29, 1.82) is 0 Å². The van der Waals surface area contributed by atoms with Crippen LogP contribution in [0.2, 0.25) is 0 Å². The number of halogens is 2. The normalized spacial score (nSPS) is 11.6. The van der Waals surface area contributed by atoms with Gasteiger partial charge in [-0.15, -0.1) is 0 Å². The van der Waals surface area contributed by atoms with Crippen LogP contribution in [0, 0.1) is 11.6 Å². The lowest BCUT2D eigenvalue weighted by molar-refractivity contribution is 0.271. The first-order valence-corrected chi connectivity index (χ1v) is 7.63. The minimum atomic E-state index is -4.01. The van der Waals surface area contributed by atoms with Crippen molar-refractivity contribution < 1.29 is 22.3 Å². The zero-order chi connectivity index (χ0) is 15.6. The summed E-state index contributed by atoms with van der Waals surface area (Å²) in [5, 5.41) is 9.16. The number of nitrogens with zero attached hydrogens (tertiary/aromatic N) is 1. The van der Waals surface area contributed by atoms with E-state index in [1.54, 1.807) is 11.5 Å². The van der Waals surface area contributed by atoms with E-state index in [0.29, 0.717) is 18.3 Å². The first-order valence-electron chi connectivity index (χ1n) is 6.15. The summed E-state index contributed by atoms with van der Waals surface area (Å²) < 4.78 is 54.3. The Hall–Kier alpha value is -1.93. The van der Waals surface area contributed by atoms with Gasteiger partial charge in [0.25, 0.3) is 10.0 Å². The molecule has 114 valence electrons. The van der Waals surface area contributed by atoms with Gasteiger partial charge in [0.2, 0.25) is 0 Å². The van der Waals surface area contributed by atoms with Gasteiger partial charge in [0.15, 0.2) is 0 Å². The smallest absolute Gasteiger partial charge is 0.263 e. The van der Waals surface area contributed by atoms with E-state index in [1.165, 1.54) is 12.3 Å². The molecule has 0 saturated heterocycles. The standard InChI is InChI=1S/C13H14F2N2O3S/c1-2-17-7-11(6-10(17)8-18)21(19,20)16-13-4-3-9(14)5-12(13)15/h3-7,16,18H,2,8H2,1H3. The van der Waals surface area contributed by atoms with Crippen molar-refractivity contribution >= 4 is 15.7 Å². The fourth-order valence-electron chi connectivity index (χ4n) is 1.87. The van der Waals surface area contributed by atoms with Crippen molar-refractivity contribution in [2.24, 2.45) is 0 Å². The largest absolute Gasteiger partial charge is 0.390 e. The molecule has 1 heterocycles. The van der Waals surface area contributed by atoms with E-state index in [1.807, 2.05) is 0 Å². The molecular formula is C13H14F2N2O3S. The number of aryl methyl sites for hydroxylation is 1. The Labute approximate surface area is 120 Å². The van der Waals surface area contributed by atoms with E-state index in [9.17, 15) is 17.2 Å². The Morgan fingerprint density at radius 1 is 1.29 bits per heavy atom. The van der Waals surface area contributed by atoms with Crippen molar-refractivity contribution in [2.75, 3.05) is 4.72 Å². The maximum absolute atomic E-state index is 13.5. The third kappa shape index (κ3) is 3.22. The van der Waals surface area contributed by atoms with Crippen molar-refractivity contribution in [1.82, 2.24) is 4.57 Å². The quantitative estimate of drug-likeness (QED) is 0.887. The van der Waals surface area contributed by atoms with Gasteiger partial charge >= 0.3 is 0 Å². The summed E-state index contributed by atoms with van der Waals surface area (Å²) in [5.41, 5.74) is 0.0867. The van der Waals surface area contributed by atoms with E-state index in [4.69, 9.17) is 5.11 Å². The average Bonchev–Trinajstić information content (AvgIpc) is 2.86. The van der Waals surface area contributed by atoms with Crippen LogP contribution in [0.3, 0.4) is 0 Å². The van der Waals surface area contributed by atoms with Crippen LogP contribution in [-0.4, -0.2) is 18.1 Å². The zero-order valence-electron chi connectivity index (χ0n) is 11.2. The molecular weight excluding hydrogens is 302 g/mol. The van der Waals surface area contributed by atoms with Crippen LogP contribution in [0.5, 0.6) is 0 Å². The number of hydrogen-bond acceptors (Lipinski definition) is 3. The molecule has 0 saturated carbocycles. The van der Waals surface area contributed by atoms with Gasteiger partial charge in [-0.1, -0.05) is 0 Å². The van der Waals surface area contributed by atoms with Crippen LogP contribution in [0.4, 0.5) is 14.5 Å². The van der Waals surface area contributed by atoms with Crippen LogP contribution >= 0.6 is 0 Å². The highest BCUT2D eigenvalue weighted by atomic mass is 32.2. The fraction of sp³-hybridized carbons (Fsp3) is 0.231. The van der Waals surface area contributed by atoms with Gasteiger partial charge in [-0.3, -0.25) is 4.72 Å². The summed E-state index contributed by atoms with van der Waals surface area (Å²) in [6.07, 6.45) is 1.34. The topological polar surface area (TPSA) is 71.3 Å². The van der Waals surface area contributed by atoms with E-state index in [0.717, 1.165) is 12.1 Å². The molecule has 0 atom stereocenters. The highest BCUT2D eigenvalue weighted by Gasteiger charge is 2.19. The first kappa shape index (κ1) is 15.5. The molecule has 0 amide bonds. The molecule has 5 nitrogen and oxygen atoms in total. The summed E-state index contributed by atoms with van der Waals surface area (Å²) in [5.74, 6) is -1.80. The SMILES string of the molecule is CCn1cc(S(=O)(=O)Nc2ccc(F)cc2F)cc1CO. The van der Waals surface area contributed by atoms with Gasteiger partial charge in [0.1, 0.15) is 16.5 Å². The van der Waals surface area contributed by atoms with Crippen molar-refractivity contribution in [2.45, 2.75) is 25.0 Å². The monoisotopic (exact) mass is 316 g/mol. The number of aromatic nitrogens is 1. The van der Waals surface area contributed by atoms with Crippen LogP contribution in [0.25, 0.3) is 0 Å². The number of sulfonamides is 1. The molecule has 0 spiro atoms. The van der Waals surface area contributed by atoms with Gasteiger partial charge in [-0.25, -0.2) is 17.2 Å². The summed E-state index contributed by atoms with van der Waals surface area (Å²) in [7, 11) is -4.01. The van der Waals surface area contributed by atoms with Gasteiger partial charge in [-0.05, 0) is 25.1 Å². The molecule has 0 unspecified atom stereocenters. The summed E-state index contributed by atoms with van der Waals surface area (Å²) in [6.45, 7) is 1.97. The number of anilines is 1. The molecule has 2 rings (SSSR count). The van der Waals surface area contributed by atoms with Crippen LogP contribution in [0.1, 0.15) is 12.6 Å². The van der Waals surface area contributed by atoms with E-state index >= 15 is 0 Å². The summed E-state index contributed by atoms with van der Waals surface area (Å²) in [6, 6.07) is 3.85. The molecule has 0 fully saturated rings. The lowest BCUT2D eigenvalue weighted by Gasteiger charge is -2.07. The van der Waals surface area contributed by atoms with E-state index in [2.05, 4.69) is 4.72 Å². The first-order chi connectivity index (χ1) is 9.87. The van der Waals surface area contributed by atoms with E-state index in [-0.39, 0.29) is 17.2 Å². The molecule has 21 heavy (non-hydrogen) atoms. The maximum Gasteiger partial charge on any atom is 0.263 e. The lowest BCUT2D eigenvalue weighted by Crippen LogP contribution is -2.13. The second kappa shape index (κ2) is 5.82. The molecule has 8 heteroatoms. The van der Waals surface area contributed by atoms with Gasteiger partial charge in [0, 0.05) is 24.5 Å². The summed E-state index contributed by atoms with van der Waals surface area (Å²) >= 11 is 0. The minimum absolute atomic E-state index is 0.0999. The highest BCUT2D eigenvalue weighted by molar-refractivity contribution is 7.92. The number of aliphatic hydroxyl groups is 1. The second-order valence-corrected chi connectivity index (χ2v) is 6.02. The third-order valence-corrected chi connectivity index (χ3v) is 4.28. The van der Waals surface area contributed by atoms with E-state index < -0.39 is 21.7 Å². The molecule has 0 radical (unpaired) electrons. The number of nitrogens with one attached hydrogen (secondary N) is 1. The average molecular weight is 316 g/mol. The van der Waals surface area contributed by atoms with Crippen LogP contribution < -0.4 is 4.72 Å². The lowest BCUT2D eigenvalue weighted by atomic mass is 10.3. The van der Waals surface area contributed by atoms with Gasteiger partial charge in [-0.2, -0.15) is 0 Å². The molecule has 1 aromatic heterocycles. The molecule has 2 aromatic rings. The third-order valence-electron chi connectivity index (χ3n) is 2.95. The molecule has 0 bridgehead atoms. The number of rotatable bonds is 5. The van der Waals surface area contributed by atoms with Gasteiger partial charge in [0.05, 0.1) is 12.3 Å². The molecule has 0 aliphatic heterocycles. The van der Waals surface area contributed by atoms with Gasteiger partial charge < -0.3 is 9.67 Å². The Kier molecular flexibility index (Phi) is 4.29. The Balaban J connectivity index is 2.36. The predicted molar refractivity (Wildman–Crippen MR) is 73.2 cm³/mol. The van der Waals surface area contributed by atoms with Crippen LogP contribution in [0.15, 0.2) is 35.4 Å². The Morgan fingerprint density at radius 3 is 2.52 bits per heavy atom. The number of benzene rings is 1. The highest BCUT2D eigenvalue weighted by Crippen LogP contribution is 2.21. The zero-order valence-corrected chi connectivity index (χ0v) is 12.0. The Bertz CT molecular complexity index is 735. The maximum atomic E-state index is 13.5. The molecule has 0 aliphatic rings. The van der Waals surface area contributed by atoms with Crippen LogP contribution in [-0.2, 0) is 23.2 Å². The minimum Gasteiger partial charge on any atom is -0.390 e. The molecule has 1 aromatic carbocycles. The number of hydrogen-bond donors (Lipinski definition) is 2.